The van der Waals surface area contributed by atoms with Crippen molar-refractivity contribution < 1.29 is 4.79 Å². The predicted octanol–water partition coefficient (Wildman–Crippen LogP) is 5.65. The molecule has 1 saturated carbocycles. The van der Waals surface area contributed by atoms with Gasteiger partial charge in [0, 0.05) is 48.1 Å². The molecule has 2 aromatic heterocycles. The van der Waals surface area contributed by atoms with Crippen molar-refractivity contribution in [2.45, 2.75) is 40.0 Å². The van der Waals surface area contributed by atoms with Crippen LogP contribution in [-0.4, -0.2) is 38.8 Å². The second-order valence-corrected chi connectivity index (χ2v) is 9.36. The topological polar surface area (TPSA) is 61.9 Å². The van der Waals surface area contributed by atoms with Gasteiger partial charge < -0.3 is 9.88 Å². The van der Waals surface area contributed by atoms with E-state index in [2.05, 4.69) is 72.3 Å². The Kier molecular flexibility index (Phi) is 5.71. The molecule has 5 nitrogen and oxygen atoms in total. The first-order valence-corrected chi connectivity index (χ1v) is 11.7. The van der Waals surface area contributed by atoms with Gasteiger partial charge in [-0.2, -0.15) is 0 Å². The Labute approximate surface area is 194 Å². The number of nitrogens with zero attached hydrogens (tertiary/aromatic N) is 3. The Bertz CT molecular complexity index is 1320. The third kappa shape index (κ3) is 4.54. The van der Waals surface area contributed by atoms with Gasteiger partial charge in [0.15, 0.2) is 5.69 Å². The number of aryl methyl sites for hydroxylation is 3. The van der Waals surface area contributed by atoms with Crippen LogP contribution >= 0.6 is 0 Å². The number of amides is 1. The molecule has 0 aliphatic heterocycles. The summed E-state index contributed by atoms with van der Waals surface area (Å²) in [6, 6.07) is 12.7. The van der Waals surface area contributed by atoms with Gasteiger partial charge >= 0.3 is 0 Å². The molecular formula is C28H30N4O. The first kappa shape index (κ1) is 21.4. The highest BCUT2D eigenvalue weighted by molar-refractivity contribution is 5.98. The second-order valence-electron chi connectivity index (χ2n) is 9.36. The summed E-state index contributed by atoms with van der Waals surface area (Å²) in [5, 5.41) is 1.23. The van der Waals surface area contributed by atoms with Crippen molar-refractivity contribution in [3.8, 4) is 11.3 Å². The number of aromatic nitrogens is 3. The van der Waals surface area contributed by atoms with Crippen molar-refractivity contribution >= 4 is 16.8 Å². The van der Waals surface area contributed by atoms with Gasteiger partial charge in [-0.15, -0.1) is 0 Å². The van der Waals surface area contributed by atoms with E-state index in [1.54, 1.807) is 12.4 Å². The van der Waals surface area contributed by atoms with Gasteiger partial charge in [0.2, 0.25) is 0 Å². The molecule has 168 valence electrons. The van der Waals surface area contributed by atoms with Gasteiger partial charge in [-0.25, -0.2) is 4.98 Å². The highest BCUT2D eigenvalue weighted by Gasteiger charge is 2.29. The normalized spacial score (nSPS) is 13.4. The van der Waals surface area contributed by atoms with Gasteiger partial charge in [-0.1, -0.05) is 24.3 Å². The average Bonchev–Trinajstić information content (AvgIpc) is 3.56. The van der Waals surface area contributed by atoms with E-state index in [9.17, 15) is 4.79 Å². The van der Waals surface area contributed by atoms with E-state index in [0.717, 1.165) is 24.0 Å². The Hall–Kier alpha value is -3.47. The Morgan fingerprint density at radius 2 is 1.85 bits per heavy atom. The fourth-order valence-corrected chi connectivity index (χ4v) is 4.39. The Morgan fingerprint density at radius 3 is 2.64 bits per heavy atom. The maximum Gasteiger partial charge on any atom is 0.274 e. The summed E-state index contributed by atoms with van der Waals surface area (Å²) in [5.74, 6) is 0.570. The summed E-state index contributed by atoms with van der Waals surface area (Å²) in [5.41, 5.74) is 8.07. The Morgan fingerprint density at radius 1 is 1.03 bits per heavy atom. The molecule has 1 N–H and O–H groups in total. The van der Waals surface area contributed by atoms with Crippen LogP contribution in [-0.2, 0) is 6.42 Å². The molecule has 0 unspecified atom stereocenters. The number of H-pyrrole nitrogens is 1. The van der Waals surface area contributed by atoms with Crippen LogP contribution in [0.3, 0.4) is 0 Å². The van der Waals surface area contributed by atoms with Crippen LogP contribution < -0.4 is 0 Å². The molecule has 0 spiro atoms. The fourth-order valence-electron chi connectivity index (χ4n) is 4.39. The standard InChI is InChI=1S/C28H30N4O/c1-18-4-9-24-23(16-31-25(24)14-18)10-13-32(17-21-6-7-21)28(33)27-26(29-11-12-30-27)22-8-5-19(2)20(3)15-22/h4-5,8-9,11-12,14-16,21,31H,6-7,10,13,17H2,1-3H3. The van der Waals surface area contributed by atoms with Crippen LogP contribution in [0.2, 0.25) is 0 Å². The molecule has 5 rings (SSSR count). The van der Waals surface area contributed by atoms with Gasteiger partial charge in [0.1, 0.15) is 5.69 Å². The lowest BCUT2D eigenvalue weighted by Crippen LogP contribution is -2.35. The fraction of sp³-hybridized carbons (Fsp3) is 0.321. The van der Waals surface area contributed by atoms with Crippen molar-refractivity contribution in [2.75, 3.05) is 13.1 Å². The zero-order valence-electron chi connectivity index (χ0n) is 19.6. The molecule has 33 heavy (non-hydrogen) atoms. The molecule has 1 fully saturated rings. The van der Waals surface area contributed by atoms with Crippen molar-refractivity contribution in [3.05, 3.63) is 82.9 Å². The van der Waals surface area contributed by atoms with Crippen LogP contribution in [0.15, 0.2) is 55.0 Å². The molecule has 1 aliphatic rings. The Balaban J connectivity index is 1.42. The zero-order valence-corrected chi connectivity index (χ0v) is 19.6. The summed E-state index contributed by atoms with van der Waals surface area (Å²) < 4.78 is 0. The lowest BCUT2D eigenvalue weighted by atomic mass is 10.0. The number of benzene rings is 2. The molecule has 1 aliphatic carbocycles. The van der Waals surface area contributed by atoms with E-state index in [4.69, 9.17) is 0 Å². The minimum absolute atomic E-state index is 0.0288. The number of carbonyl (C=O) groups is 1. The van der Waals surface area contributed by atoms with E-state index in [1.807, 2.05) is 11.0 Å². The van der Waals surface area contributed by atoms with Crippen molar-refractivity contribution in [1.29, 1.82) is 0 Å². The number of fused-ring (bicyclic) bond motifs is 1. The number of hydrogen-bond donors (Lipinski definition) is 1. The van der Waals surface area contributed by atoms with Crippen molar-refractivity contribution in [3.63, 3.8) is 0 Å². The number of rotatable bonds is 7. The molecule has 1 amide bonds. The number of hydrogen-bond acceptors (Lipinski definition) is 3. The SMILES string of the molecule is Cc1ccc2c(CCN(CC3CC3)C(=O)c3nccnc3-c3ccc(C)c(C)c3)c[nH]c2c1. The molecule has 0 radical (unpaired) electrons. The third-order valence-corrected chi connectivity index (χ3v) is 6.72. The molecule has 0 atom stereocenters. The molecular weight excluding hydrogens is 408 g/mol. The highest BCUT2D eigenvalue weighted by atomic mass is 16.2. The smallest absolute Gasteiger partial charge is 0.274 e. The maximum absolute atomic E-state index is 13.7. The highest BCUT2D eigenvalue weighted by Crippen LogP contribution is 2.31. The maximum atomic E-state index is 13.7. The quantitative estimate of drug-likeness (QED) is 0.406. The van der Waals surface area contributed by atoms with E-state index in [0.29, 0.717) is 23.9 Å². The molecule has 0 bridgehead atoms. The van der Waals surface area contributed by atoms with E-state index < -0.39 is 0 Å². The lowest BCUT2D eigenvalue weighted by molar-refractivity contribution is 0.0744. The summed E-state index contributed by atoms with van der Waals surface area (Å²) >= 11 is 0. The van der Waals surface area contributed by atoms with E-state index in [1.165, 1.54) is 40.5 Å². The monoisotopic (exact) mass is 438 g/mol. The van der Waals surface area contributed by atoms with Crippen LogP contribution in [0.4, 0.5) is 0 Å². The summed E-state index contributed by atoms with van der Waals surface area (Å²) in [4.78, 5) is 28.2. The predicted molar refractivity (Wildman–Crippen MR) is 132 cm³/mol. The number of aromatic amines is 1. The molecule has 4 aromatic rings. The van der Waals surface area contributed by atoms with Crippen LogP contribution in [0.25, 0.3) is 22.2 Å². The first-order valence-electron chi connectivity index (χ1n) is 11.7. The van der Waals surface area contributed by atoms with E-state index in [-0.39, 0.29) is 5.91 Å². The molecule has 2 heterocycles. The van der Waals surface area contributed by atoms with Gasteiger partial charge in [0.05, 0.1) is 0 Å². The summed E-state index contributed by atoms with van der Waals surface area (Å²) in [6.07, 6.45) is 8.56. The largest absolute Gasteiger partial charge is 0.361 e. The van der Waals surface area contributed by atoms with Gasteiger partial charge in [-0.05, 0) is 80.3 Å². The second kappa shape index (κ2) is 8.81. The minimum Gasteiger partial charge on any atom is -0.361 e. The van der Waals surface area contributed by atoms with Crippen LogP contribution in [0, 0.1) is 26.7 Å². The van der Waals surface area contributed by atoms with Crippen LogP contribution in [0.1, 0.15) is 45.6 Å². The van der Waals surface area contributed by atoms with Crippen LogP contribution in [0.5, 0.6) is 0 Å². The first-order chi connectivity index (χ1) is 16.0. The minimum atomic E-state index is -0.0288. The van der Waals surface area contributed by atoms with Gasteiger partial charge in [-0.3, -0.25) is 9.78 Å². The average molecular weight is 439 g/mol. The molecule has 2 aromatic carbocycles. The molecule has 0 saturated heterocycles. The van der Waals surface area contributed by atoms with Gasteiger partial charge in [0.25, 0.3) is 5.91 Å². The molecule has 5 heteroatoms. The van der Waals surface area contributed by atoms with E-state index >= 15 is 0 Å². The number of nitrogens with one attached hydrogen (secondary N) is 1. The summed E-state index contributed by atoms with van der Waals surface area (Å²) in [6.45, 7) is 7.72. The summed E-state index contributed by atoms with van der Waals surface area (Å²) in [7, 11) is 0. The number of carbonyl (C=O) groups excluding carboxylic acids is 1. The zero-order chi connectivity index (χ0) is 22.9. The van der Waals surface area contributed by atoms with Crippen molar-refractivity contribution in [2.24, 2.45) is 5.92 Å². The third-order valence-electron chi connectivity index (χ3n) is 6.72. The van der Waals surface area contributed by atoms with Crippen molar-refractivity contribution in [1.82, 2.24) is 19.9 Å². The lowest BCUT2D eigenvalue weighted by Gasteiger charge is -2.23.